The first-order valence-electron chi connectivity index (χ1n) is 15.4. The van der Waals surface area contributed by atoms with Gasteiger partial charge in [0.1, 0.15) is 0 Å². The van der Waals surface area contributed by atoms with Crippen LogP contribution in [-0.4, -0.2) is 33.0 Å². The average Bonchev–Trinajstić information content (AvgIpc) is 3.52. The maximum absolute atomic E-state index is 13.9. The highest BCUT2D eigenvalue weighted by atomic mass is 16.5. The van der Waals surface area contributed by atoms with Gasteiger partial charge >= 0.3 is 5.97 Å². The Kier molecular flexibility index (Phi) is 8.09. The van der Waals surface area contributed by atoms with Gasteiger partial charge in [0.2, 0.25) is 0 Å². The summed E-state index contributed by atoms with van der Waals surface area (Å²) in [4.78, 5) is 31.2. The molecule has 0 radical (unpaired) electrons. The second-order valence-corrected chi connectivity index (χ2v) is 10.8. The number of aromatic nitrogens is 3. The van der Waals surface area contributed by atoms with Crippen LogP contribution in [0.15, 0.2) is 155 Å². The van der Waals surface area contributed by atoms with Crippen LogP contribution in [0.5, 0.6) is 0 Å². The normalized spacial score (nSPS) is 11.3. The van der Waals surface area contributed by atoms with Crippen LogP contribution in [0.3, 0.4) is 0 Å². The molecule has 2 aromatic heterocycles. The van der Waals surface area contributed by atoms with E-state index >= 15 is 0 Å². The topological polar surface area (TPSA) is 78.5 Å². The number of esters is 1. The minimum atomic E-state index is -0.366. The molecule has 0 spiro atoms. The fourth-order valence-corrected chi connectivity index (χ4v) is 5.70. The fourth-order valence-electron chi connectivity index (χ4n) is 5.70. The number of carbonyl (C=O) groups excluding carboxylic acids is 1. The molecule has 0 saturated carbocycles. The molecule has 0 saturated heterocycles. The molecule has 228 valence electrons. The van der Waals surface area contributed by atoms with Crippen LogP contribution < -0.4 is 5.56 Å². The highest BCUT2D eigenvalue weighted by Gasteiger charge is 2.20. The molecule has 7 heteroatoms. The van der Waals surface area contributed by atoms with E-state index in [2.05, 4.69) is 22.8 Å². The molecule has 5 aromatic carbocycles. The minimum absolute atomic E-state index is 0.260. The van der Waals surface area contributed by atoms with E-state index in [4.69, 9.17) is 14.8 Å². The van der Waals surface area contributed by atoms with Crippen molar-refractivity contribution in [3.63, 3.8) is 0 Å². The number of hydrogen-bond acceptors (Lipinski definition) is 5. The van der Waals surface area contributed by atoms with Gasteiger partial charge in [-0.1, -0.05) is 103 Å². The third-order valence-corrected chi connectivity index (χ3v) is 7.88. The van der Waals surface area contributed by atoms with Gasteiger partial charge in [-0.25, -0.2) is 9.78 Å². The summed E-state index contributed by atoms with van der Waals surface area (Å²) in [6.45, 7) is 2.09. The standard InChI is InChI=1S/C40H30N4O3/c1-2-47-40(46)31-22-24-33(25-23-31)43-36(28-14-6-3-7-15-28)26-32(37(43)29-16-8-4-9-17-29)27-41-44-38(30-18-10-5-11-19-30)42-35-21-13-12-20-34(35)39(44)45/h3-27H,2H2,1H3. The van der Waals surface area contributed by atoms with Gasteiger partial charge in [0.25, 0.3) is 5.56 Å². The Balaban J connectivity index is 1.47. The Hall–Kier alpha value is -6.34. The zero-order valence-electron chi connectivity index (χ0n) is 25.7. The van der Waals surface area contributed by atoms with Crippen LogP contribution >= 0.6 is 0 Å². The largest absolute Gasteiger partial charge is 0.462 e. The van der Waals surface area contributed by atoms with Crippen LogP contribution in [0.4, 0.5) is 0 Å². The zero-order chi connectivity index (χ0) is 32.2. The van der Waals surface area contributed by atoms with Gasteiger partial charge in [-0.3, -0.25) is 4.79 Å². The number of carbonyl (C=O) groups is 1. The number of ether oxygens (including phenoxy) is 1. The summed E-state index contributed by atoms with van der Waals surface area (Å²) < 4.78 is 8.75. The number of benzene rings is 5. The molecular formula is C40H30N4O3. The molecule has 2 heterocycles. The van der Waals surface area contributed by atoms with E-state index in [0.29, 0.717) is 28.9 Å². The fraction of sp³-hybridized carbons (Fsp3) is 0.0500. The molecular weight excluding hydrogens is 584 g/mol. The molecule has 0 amide bonds. The first-order valence-corrected chi connectivity index (χ1v) is 15.4. The van der Waals surface area contributed by atoms with E-state index in [1.807, 2.05) is 109 Å². The lowest BCUT2D eigenvalue weighted by Gasteiger charge is -2.15. The highest BCUT2D eigenvalue weighted by molar-refractivity contribution is 5.94. The van der Waals surface area contributed by atoms with E-state index in [9.17, 15) is 9.59 Å². The number of nitrogens with zero attached hydrogens (tertiary/aromatic N) is 4. The molecule has 47 heavy (non-hydrogen) atoms. The summed E-state index contributed by atoms with van der Waals surface area (Å²) in [6, 6.07) is 46.5. The van der Waals surface area contributed by atoms with E-state index in [1.165, 1.54) is 4.68 Å². The third kappa shape index (κ3) is 5.78. The Morgan fingerprint density at radius 3 is 2.00 bits per heavy atom. The van der Waals surface area contributed by atoms with E-state index in [0.717, 1.165) is 39.3 Å². The number of fused-ring (bicyclic) bond motifs is 1. The molecule has 0 aliphatic rings. The van der Waals surface area contributed by atoms with Gasteiger partial charge in [-0.05, 0) is 60.5 Å². The van der Waals surface area contributed by atoms with Crippen LogP contribution in [0, 0.1) is 0 Å². The summed E-state index contributed by atoms with van der Waals surface area (Å²) in [7, 11) is 0. The van der Waals surface area contributed by atoms with Crippen molar-refractivity contribution < 1.29 is 9.53 Å². The highest BCUT2D eigenvalue weighted by Crippen LogP contribution is 2.35. The monoisotopic (exact) mass is 614 g/mol. The van der Waals surface area contributed by atoms with Crippen molar-refractivity contribution in [3.8, 4) is 39.6 Å². The first kappa shape index (κ1) is 29.4. The third-order valence-electron chi connectivity index (χ3n) is 7.88. The molecule has 0 aliphatic carbocycles. The molecule has 0 N–H and O–H groups in total. The van der Waals surface area contributed by atoms with Gasteiger partial charge in [-0.2, -0.15) is 9.78 Å². The smallest absolute Gasteiger partial charge is 0.338 e. The molecule has 0 bridgehead atoms. The summed E-state index contributed by atoms with van der Waals surface area (Å²) >= 11 is 0. The van der Waals surface area contributed by atoms with Crippen LogP contribution in [0.2, 0.25) is 0 Å². The van der Waals surface area contributed by atoms with Crippen molar-refractivity contribution in [3.05, 3.63) is 167 Å². The van der Waals surface area contributed by atoms with Crippen molar-refractivity contribution in [2.24, 2.45) is 5.10 Å². The molecule has 7 nitrogen and oxygen atoms in total. The maximum atomic E-state index is 13.9. The molecule has 7 rings (SSSR count). The molecule has 0 atom stereocenters. The Morgan fingerprint density at radius 1 is 0.745 bits per heavy atom. The van der Waals surface area contributed by atoms with E-state index in [-0.39, 0.29) is 11.5 Å². The van der Waals surface area contributed by atoms with Gasteiger partial charge in [0.05, 0.1) is 40.7 Å². The predicted molar refractivity (Wildman–Crippen MR) is 187 cm³/mol. The van der Waals surface area contributed by atoms with E-state index in [1.54, 1.807) is 31.3 Å². The molecule has 0 aliphatic heterocycles. The van der Waals surface area contributed by atoms with Gasteiger partial charge in [0.15, 0.2) is 5.82 Å². The van der Waals surface area contributed by atoms with Gasteiger partial charge in [0, 0.05) is 16.8 Å². The molecule has 0 unspecified atom stereocenters. The maximum Gasteiger partial charge on any atom is 0.338 e. The summed E-state index contributed by atoms with van der Waals surface area (Å²) in [6.07, 6.45) is 1.72. The quantitative estimate of drug-likeness (QED) is 0.128. The van der Waals surface area contributed by atoms with Crippen molar-refractivity contribution >= 4 is 23.1 Å². The van der Waals surface area contributed by atoms with E-state index < -0.39 is 0 Å². The summed E-state index contributed by atoms with van der Waals surface area (Å²) in [5.41, 5.74) is 6.99. The Labute approximate surface area is 271 Å². The van der Waals surface area contributed by atoms with Gasteiger partial charge < -0.3 is 9.30 Å². The Bertz CT molecular complexity index is 2270. The number of rotatable bonds is 8. The number of hydrogen-bond donors (Lipinski definition) is 0. The lowest BCUT2D eigenvalue weighted by atomic mass is 10.1. The minimum Gasteiger partial charge on any atom is -0.462 e. The van der Waals surface area contributed by atoms with Crippen LogP contribution in [-0.2, 0) is 4.74 Å². The van der Waals surface area contributed by atoms with Gasteiger partial charge in [-0.15, -0.1) is 0 Å². The molecule has 0 fully saturated rings. The molecule has 7 aromatic rings. The lowest BCUT2D eigenvalue weighted by molar-refractivity contribution is 0.0526. The summed E-state index contributed by atoms with van der Waals surface area (Å²) in [5, 5.41) is 5.31. The van der Waals surface area contributed by atoms with Crippen molar-refractivity contribution in [2.75, 3.05) is 6.61 Å². The zero-order valence-corrected chi connectivity index (χ0v) is 25.7. The SMILES string of the molecule is CCOC(=O)c1ccc(-n2c(-c3ccccc3)cc(C=Nn3c(-c4ccccc4)nc4ccccc4c3=O)c2-c2ccccc2)cc1. The summed E-state index contributed by atoms with van der Waals surface area (Å²) in [5.74, 6) is 0.0821. The first-order chi connectivity index (χ1) is 23.1. The lowest BCUT2D eigenvalue weighted by Crippen LogP contribution is -2.20. The second-order valence-electron chi connectivity index (χ2n) is 10.8. The predicted octanol–water partition coefficient (Wildman–Crippen LogP) is 8.25. The number of para-hydroxylation sites is 1. The van der Waals surface area contributed by atoms with Crippen molar-refractivity contribution in [1.82, 2.24) is 14.2 Å². The second kappa shape index (κ2) is 12.9. The van der Waals surface area contributed by atoms with Crippen LogP contribution in [0.25, 0.3) is 50.5 Å². The average molecular weight is 615 g/mol. The van der Waals surface area contributed by atoms with Crippen molar-refractivity contribution in [1.29, 1.82) is 0 Å². The van der Waals surface area contributed by atoms with Crippen LogP contribution in [0.1, 0.15) is 22.8 Å². The Morgan fingerprint density at radius 2 is 1.34 bits per heavy atom. The van der Waals surface area contributed by atoms with Crippen molar-refractivity contribution in [2.45, 2.75) is 6.92 Å².